The van der Waals surface area contributed by atoms with Gasteiger partial charge in [0.25, 0.3) is 11.6 Å². The zero-order valence-corrected chi connectivity index (χ0v) is 13.7. The van der Waals surface area contributed by atoms with Crippen LogP contribution in [0.2, 0.25) is 0 Å². The van der Waals surface area contributed by atoms with Crippen LogP contribution in [0.3, 0.4) is 0 Å². The summed E-state index contributed by atoms with van der Waals surface area (Å²) in [5.74, 6) is 1.19. The molecule has 2 rings (SSSR count). The van der Waals surface area contributed by atoms with E-state index < -0.39 is 10.8 Å². The van der Waals surface area contributed by atoms with E-state index in [-0.39, 0.29) is 11.3 Å². The van der Waals surface area contributed by atoms with E-state index in [1.54, 1.807) is 0 Å². The number of hydrogen-bond donors (Lipinski definition) is 1. The Hall–Kier alpha value is -2.18. The molecular formula is C16H24N4O3. The van der Waals surface area contributed by atoms with Gasteiger partial charge in [0, 0.05) is 19.2 Å². The van der Waals surface area contributed by atoms with Gasteiger partial charge < -0.3 is 10.6 Å². The first-order chi connectivity index (χ1) is 10.9. The van der Waals surface area contributed by atoms with Crippen LogP contribution < -0.4 is 10.6 Å². The molecule has 1 aliphatic heterocycles. The monoisotopic (exact) mass is 320 g/mol. The molecule has 1 saturated heterocycles. The maximum absolute atomic E-state index is 11.6. The van der Waals surface area contributed by atoms with E-state index >= 15 is 0 Å². The van der Waals surface area contributed by atoms with Crippen LogP contribution in [0, 0.1) is 22.0 Å². The molecule has 0 aliphatic carbocycles. The van der Waals surface area contributed by atoms with Gasteiger partial charge in [-0.05, 0) is 24.7 Å². The molecule has 0 aromatic carbocycles. The van der Waals surface area contributed by atoms with Crippen molar-refractivity contribution in [2.24, 2.45) is 17.6 Å². The zero-order chi connectivity index (χ0) is 17.0. The first-order valence-corrected chi connectivity index (χ1v) is 8.07. The summed E-state index contributed by atoms with van der Waals surface area (Å²) < 4.78 is 0. The lowest BCUT2D eigenvalue weighted by Crippen LogP contribution is -2.36. The van der Waals surface area contributed by atoms with E-state index in [1.165, 1.54) is 25.1 Å². The second-order valence-corrected chi connectivity index (χ2v) is 6.59. The van der Waals surface area contributed by atoms with Gasteiger partial charge >= 0.3 is 0 Å². The highest BCUT2D eigenvalue weighted by molar-refractivity contribution is 5.98. The maximum Gasteiger partial charge on any atom is 0.288 e. The minimum absolute atomic E-state index is 0.125. The third-order valence-corrected chi connectivity index (χ3v) is 4.39. The Morgan fingerprint density at radius 3 is 2.65 bits per heavy atom. The summed E-state index contributed by atoms with van der Waals surface area (Å²) in [6.45, 7) is 6.06. The number of nitrogens with zero attached hydrogens (tertiary/aromatic N) is 3. The fraction of sp³-hybridized carbons (Fsp3) is 0.625. The van der Waals surface area contributed by atoms with Crippen molar-refractivity contribution in [3.05, 3.63) is 27.9 Å². The number of piperidine rings is 1. The average molecular weight is 320 g/mol. The molecule has 23 heavy (non-hydrogen) atoms. The summed E-state index contributed by atoms with van der Waals surface area (Å²) >= 11 is 0. The minimum Gasteiger partial charge on any atom is -0.365 e. The van der Waals surface area contributed by atoms with Gasteiger partial charge in [0.15, 0.2) is 0 Å². The number of amides is 1. The summed E-state index contributed by atoms with van der Waals surface area (Å²) in [6.07, 6.45) is 5.73. The predicted molar refractivity (Wildman–Crippen MR) is 88.4 cm³/mol. The number of nitrogens with two attached hydrogens (primary N) is 1. The molecule has 0 saturated carbocycles. The Morgan fingerprint density at radius 2 is 2.13 bits per heavy atom. The molecule has 1 aliphatic rings. The summed E-state index contributed by atoms with van der Waals surface area (Å²) in [5, 5.41) is 10.8. The van der Waals surface area contributed by atoms with Crippen molar-refractivity contribution in [2.75, 3.05) is 18.0 Å². The third-order valence-electron chi connectivity index (χ3n) is 4.39. The number of aromatic nitrogens is 1. The molecule has 2 N–H and O–H groups in total. The van der Waals surface area contributed by atoms with Crippen molar-refractivity contribution in [1.29, 1.82) is 0 Å². The second-order valence-electron chi connectivity index (χ2n) is 6.59. The van der Waals surface area contributed by atoms with E-state index in [1.807, 2.05) is 4.90 Å². The van der Waals surface area contributed by atoms with E-state index in [0.717, 1.165) is 25.9 Å². The van der Waals surface area contributed by atoms with Crippen LogP contribution in [-0.4, -0.2) is 28.9 Å². The average Bonchev–Trinajstić information content (AvgIpc) is 2.52. The largest absolute Gasteiger partial charge is 0.365 e. The first kappa shape index (κ1) is 17.2. The SMILES string of the molecule is CC(C)CCC1CCN(c2ncc([N+](=O)[O-])cc2C(N)=O)CC1. The molecule has 1 amide bonds. The van der Waals surface area contributed by atoms with Crippen LogP contribution >= 0.6 is 0 Å². The van der Waals surface area contributed by atoms with Crippen molar-refractivity contribution in [1.82, 2.24) is 4.98 Å². The van der Waals surface area contributed by atoms with Gasteiger partial charge in [-0.15, -0.1) is 0 Å². The Kier molecular flexibility index (Phi) is 5.52. The second kappa shape index (κ2) is 7.39. The molecule has 1 fully saturated rings. The maximum atomic E-state index is 11.6. The molecule has 0 radical (unpaired) electrons. The molecule has 7 nitrogen and oxygen atoms in total. The molecule has 2 heterocycles. The highest BCUT2D eigenvalue weighted by Crippen LogP contribution is 2.29. The zero-order valence-electron chi connectivity index (χ0n) is 13.7. The lowest BCUT2D eigenvalue weighted by molar-refractivity contribution is -0.385. The number of nitro groups is 1. The minimum atomic E-state index is -0.682. The molecule has 1 aromatic rings. The third kappa shape index (κ3) is 4.40. The molecule has 0 unspecified atom stereocenters. The molecule has 0 atom stereocenters. The Labute approximate surface area is 136 Å². The number of carbonyl (C=O) groups is 1. The normalized spacial score (nSPS) is 15.9. The van der Waals surface area contributed by atoms with E-state index in [0.29, 0.717) is 17.7 Å². The number of carbonyl (C=O) groups excluding carboxylic acids is 1. The van der Waals surface area contributed by atoms with Crippen molar-refractivity contribution >= 4 is 17.4 Å². The quantitative estimate of drug-likeness (QED) is 0.641. The first-order valence-electron chi connectivity index (χ1n) is 8.07. The lowest BCUT2D eigenvalue weighted by atomic mass is 9.89. The number of anilines is 1. The van der Waals surface area contributed by atoms with Crippen LogP contribution in [0.4, 0.5) is 11.5 Å². The van der Waals surface area contributed by atoms with Gasteiger partial charge in [-0.25, -0.2) is 4.98 Å². The van der Waals surface area contributed by atoms with Gasteiger partial charge in [0.2, 0.25) is 0 Å². The molecule has 7 heteroatoms. The topological polar surface area (TPSA) is 102 Å². The summed E-state index contributed by atoms with van der Waals surface area (Å²) in [6, 6.07) is 1.22. The molecule has 0 spiro atoms. The summed E-state index contributed by atoms with van der Waals surface area (Å²) in [5.41, 5.74) is 5.28. The van der Waals surface area contributed by atoms with Crippen LogP contribution in [0.25, 0.3) is 0 Å². The van der Waals surface area contributed by atoms with E-state index in [4.69, 9.17) is 5.73 Å². The number of primary amides is 1. The van der Waals surface area contributed by atoms with Gasteiger partial charge in [0.05, 0.1) is 10.5 Å². The van der Waals surface area contributed by atoms with Gasteiger partial charge in [0.1, 0.15) is 12.0 Å². The predicted octanol–water partition coefficient (Wildman–Crippen LogP) is 2.74. The van der Waals surface area contributed by atoms with E-state index in [2.05, 4.69) is 18.8 Å². The summed E-state index contributed by atoms with van der Waals surface area (Å²) in [7, 11) is 0. The Bertz CT molecular complexity index is 581. The van der Waals surface area contributed by atoms with Crippen molar-refractivity contribution in [3.63, 3.8) is 0 Å². The highest BCUT2D eigenvalue weighted by atomic mass is 16.6. The molecule has 126 valence electrons. The number of pyridine rings is 1. The van der Waals surface area contributed by atoms with E-state index in [9.17, 15) is 14.9 Å². The van der Waals surface area contributed by atoms with Gasteiger partial charge in [-0.1, -0.05) is 26.7 Å². The molecule has 0 bridgehead atoms. The smallest absolute Gasteiger partial charge is 0.288 e. The van der Waals surface area contributed by atoms with Crippen LogP contribution in [0.15, 0.2) is 12.3 Å². The molecular weight excluding hydrogens is 296 g/mol. The van der Waals surface area contributed by atoms with Gasteiger partial charge in [-0.3, -0.25) is 14.9 Å². The van der Waals surface area contributed by atoms with Crippen molar-refractivity contribution in [3.8, 4) is 0 Å². The standard InChI is InChI=1S/C16H24N4O3/c1-11(2)3-4-12-5-7-19(8-6-12)16-14(15(17)21)9-13(10-18-16)20(22)23/h9-12H,3-8H2,1-2H3,(H2,17,21). The van der Waals surface area contributed by atoms with Crippen LogP contribution in [-0.2, 0) is 0 Å². The van der Waals surface area contributed by atoms with Crippen LogP contribution in [0.1, 0.15) is 49.9 Å². The fourth-order valence-electron chi connectivity index (χ4n) is 2.98. The molecule has 1 aromatic heterocycles. The summed E-state index contributed by atoms with van der Waals surface area (Å²) in [4.78, 5) is 28.0. The fourth-order valence-corrected chi connectivity index (χ4v) is 2.98. The van der Waals surface area contributed by atoms with Crippen molar-refractivity contribution < 1.29 is 9.72 Å². The number of rotatable bonds is 6. The Balaban J connectivity index is 2.08. The van der Waals surface area contributed by atoms with Crippen molar-refractivity contribution in [2.45, 2.75) is 39.5 Å². The highest BCUT2D eigenvalue weighted by Gasteiger charge is 2.25. The van der Waals surface area contributed by atoms with Gasteiger partial charge in [-0.2, -0.15) is 0 Å². The lowest BCUT2D eigenvalue weighted by Gasteiger charge is -2.33. The van der Waals surface area contributed by atoms with Crippen LogP contribution in [0.5, 0.6) is 0 Å². The number of hydrogen-bond acceptors (Lipinski definition) is 5. The Morgan fingerprint density at radius 1 is 1.48 bits per heavy atom.